The molecule has 1 fully saturated rings. The van der Waals surface area contributed by atoms with Crippen molar-refractivity contribution in [2.45, 2.75) is 38.5 Å². The number of pyridine rings is 1. The van der Waals surface area contributed by atoms with E-state index >= 15 is 0 Å². The Balaban J connectivity index is 1.84. The number of nitrogens with one attached hydrogen (secondary N) is 2. The predicted octanol–water partition coefficient (Wildman–Crippen LogP) is 0.925. The Morgan fingerprint density at radius 1 is 1.25 bits per heavy atom. The number of aliphatic hydroxyl groups is 1. The van der Waals surface area contributed by atoms with Gasteiger partial charge in [0.05, 0.1) is 30.9 Å². The third-order valence-corrected chi connectivity index (χ3v) is 5.07. The molecule has 3 N–H and O–H groups in total. The quantitative estimate of drug-likeness (QED) is 0.445. The van der Waals surface area contributed by atoms with Crippen LogP contribution in [0.5, 0.6) is 5.75 Å². The number of carbonyl (C=O) groups excluding carboxylic acids is 2. The van der Waals surface area contributed by atoms with E-state index in [0.29, 0.717) is 25.4 Å². The number of hydrogen-bond donors (Lipinski definition) is 3. The topological polar surface area (TPSA) is 119 Å². The zero-order chi connectivity index (χ0) is 23.1. The number of rotatable bonds is 11. The van der Waals surface area contributed by atoms with Crippen molar-refractivity contribution in [3.63, 3.8) is 0 Å². The zero-order valence-corrected chi connectivity index (χ0v) is 18.3. The van der Waals surface area contributed by atoms with Gasteiger partial charge in [-0.25, -0.2) is 0 Å². The average molecular weight is 444 g/mol. The van der Waals surface area contributed by atoms with Crippen molar-refractivity contribution in [1.82, 2.24) is 15.2 Å². The van der Waals surface area contributed by atoms with Crippen LogP contribution >= 0.6 is 0 Å². The fourth-order valence-electron chi connectivity index (χ4n) is 3.33. The molecule has 0 saturated heterocycles. The van der Waals surface area contributed by atoms with Crippen molar-refractivity contribution in [2.75, 3.05) is 26.9 Å². The van der Waals surface area contributed by atoms with Gasteiger partial charge in [0, 0.05) is 32.9 Å². The van der Waals surface area contributed by atoms with Crippen LogP contribution in [0.1, 0.15) is 46.0 Å². The largest absolute Gasteiger partial charge is 0.493 e. The second-order valence-electron chi connectivity index (χ2n) is 7.54. The fraction of sp³-hybridized carbons (Fsp3) is 0.435. The van der Waals surface area contributed by atoms with E-state index in [2.05, 4.69) is 10.6 Å². The molecule has 1 aromatic carbocycles. The number of ether oxygens (including phenoxy) is 2. The zero-order valence-electron chi connectivity index (χ0n) is 18.3. The summed E-state index contributed by atoms with van der Waals surface area (Å²) < 4.78 is 12.4. The Bertz CT molecular complexity index is 1020. The molecule has 2 amide bonds. The van der Waals surface area contributed by atoms with Gasteiger partial charge in [0.2, 0.25) is 0 Å². The van der Waals surface area contributed by atoms with Crippen LogP contribution in [0.15, 0.2) is 41.3 Å². The first kappa shape index (κ1) is 23.5. The maximum Gasteiger partial charge on any atom is 0.263 e. The number of nitrogens with zero attached hydrogens (tertiary/aromatic N) is 1. The Kier molecular flexibility index (Phi) is 8.02. The number of aromatic nitrogens is 1. The van der Waals surface area contributed by atoms with Crippen molar-refractivity contribution in [1.29, 1.82) is 0 Å². The van der Waals surface area contributed by atoms with E-state index in [1.54, 1.807) is 18.2 Å². The summed E-state index contributed by atoms with van der Waals surface area (Å²) in [6.45, 7) is 3.05. The summed E-state index contributed by atoms with van der Waals surface area (Å²) in [5, 5.41) is 14.2. The molecule has 2 atom stereocenters. The highest BCUT2D eigenvalue weighted by Crippen LogP contribution is 2.25. The highest BCUT2D eigenvalue weighted by Gasteiger charge is 2.39. The third kappa shape index (κ3) is 5.95. The van der Waals surface area contributed by atoms with E-state index in [9.17, 15) is 14.4 Å². The van der Waals surface area contributed by atoms with Gasteiger partial charge in [-0.15, -0.1) is 0 Å². The van der Waals surface area contributed by atoms with Crippen LogP contribution in [0.25, 0.3) is 0 Å². The van der Waals surface area contributed by atoms with Crippen molar-refractivity contribution >= 4 is 11.8 Å². The van der Waals surface area contributed by atoms with Gasteiger partial charge in [0.1, 0.15) is 11.3 Å². The van der Waals surface area contributed by atoms with E-state index < -0.39 is 11.5 Å². The molecule has 1 heterocycles. The van der Waals surface area contributed by atoms with Crippen LogP contribution in [-0.2, 0) is 11.3 Å². The predicted molar refractivity (Wildman–Crippen MR) is 118 cm³/mol. The summed E-state index contributed by atoms with van der Waals surface area (Å²) in [7, 11) is 1.43. The lowest BCUT2D eigenvalue weighted by molar-refractivity contribution is 0.0914. The molecule has 9 heteroatoms. The maximum absolute atomic E-state index is 12.9. The highest BCUT2D eigenvalue weighted by atomic mass is 16.5. The summed E-state index contributed by atoms with van der Waals surface area (Å²) in [5.74, 6) is -0.310. The second-order valence-corrected chi connectivity index (χ2v) is 7.54. The summed E-state index contributed by atoms with van der Waals surface area (Å²) in [6.07, 6.45) is 2.72. The van der Waals surface area contributed by atoms with Gasteiger partial charge in [-0.2, -0.15) is 0 Å². The Morgan fingerprint density at radius 2 is 2.06 bits per heavy atom. The third-order valence-electron chi connectivity index (χ3n) is 5.07. The SMILES string of the molecule is CCO[C@H]1C[C@@H]1NC(=O)c1cc(C(=O)NC)c(=O)n(Cc2cccc(OCCCO)c2)c1. The Morgan fingerprint density at radius 3 is 2.78 bits per heavy atom. The van der Waals surface area contributed by atoms with Gasteiger partial charge in [-0.1, -0.05) is 12.1 Å². The number of carbonyl (C=O) groups is 2. The first-order chi connectivity index (χ1) is 15.5. The molecule has 0 spiro atoms. The lowest BCUT2D eigenvalue weighted by atomic mass is 10.1. The Hall–Kier alpha value is -3.17. The second kappa shape index (κ2) is 10.9. The summed E-state index contributed by atoms with van der Waals surface area (Å²) in [5.41, 5.74) is 0.395. The molecular formula is C23H29N3O6. The van der Waals surface area contributed by atoms with Crippen molar-refractivity contribution < 1.29 is 24.2 Å². The fourth-order valence-corrected chi connectivity index (χ4v) is 3.33. The van der Waals surface area contributed by atoms with Crippen LogP contribution in [0, 0.1) is 0 Å². The van der Waals surface area contributed by atoms with E-state index in [0.717, 1.165) is 12.0 Å². The minimum Gasteiger partial charge on any atom is -0.493 e. The molecule has 3 rings (SSSR count). The number of amides is 2. The minimum atomic E-state index is -0.557. The molecule has 32 heavy (non-hydrogen) atoms. The first-order valence-corrected chi connectivity index (χ1v) is 10.7. The van der Waals surface area contributed by atoms with Crippen LogP contribution in [0.4, 0.5) is 0 Å². The van der Waals surface area contributed by atoms with Crippen molar-refractivity contribution in [3.05, 3.63) is 63.6 Å². The van der Waals surface area contributed by atoms with Gasteiger partial charge in [0.25, 0.3) is 17.4 Å². The highest BCUT2D eigenvalue weighted by molar-refractivity contribution is 5.99. The molecule has 2 aromatic rings. The van der Waals surface area contributed by atoms with Gasteiger partial charge >= 0.3 is 0 Å². The number of benzene rings is 1. The van der Waals surface area contributed by atoms with Gasteiger partial charge in [0.15, 0.2) is 0 Å². The molecule has 172 valence electrons. The van der Waals surface area contributed by atoms with Crippen LogP contribution in [-0.4, -0.2) is 60.5 Å². The molecular weight excluding hydrogens is 414 g/mol. The summed E-state index contributed by atoms with van der Waals surface area (Å²) in [6, 6.07) is 8.44. The smallest absolute Gasteiger partial charge is 0.263 e. The van der Waals surface area contributed by atoms with Crippen molar-refractivity contribution in [2.24, 2.45) is 0 Å². The Labute approximate surface area is 186 Å². The standard InChI is InChI=1S/C23H29N3O6/c1-3-31-20-12-19(20)25-21(28)16-11-18(22(29)24-2)23(30)26(14-16)13-15-6-4-7-17(10-15)32-9-5-8-27/h4,6-7,10-11,14,19-20,27H,3,5,8-9,12-13H2,1-2H3,(H,24,29)(H,25,28)/t19-,20-/m0/s1. The summed E-state index contributed by atoms with van der Waals surface area (Å²) in [4.78, 5) is 37.9. The molecule has 0 aliphatic heterocycles. The molecule has 0 radical (unpaired) electrons. The molecule has 0 unspecified atom stereocenters. The van der Waals surface area contributed by atoms with Crippen LogP contribution in [0.2, 0.25) is 0 Å². The average Bonchev–Trinajstić information content (AvgIpc) is 3.52. The monoisotopic (exact) mass is 443 g/mol. The van der Waals surface area contributed by atoms with Gasteiger partial charge in [-0.05, 0) is 37.1 Å². The van der Waals surface area contributed by atoms with E-state index in [-0.39, 0.29) is 42.3 Å². The van der Waals surface area contributed by atoms with Gasteiger partial charge in [-0.3, -0.25) is 14.4 Å². The van der Waals surface area contributed by atoms with Crippen LogP contribution < -0.4 is 20.9 Å². The lowest BCUT2D eigenvalue weighted by Gasteiger charge is -2.13. The van der Waals surface area contributed by atoms with Gasteiger partial charge < -0.3 is 29.8 Å². The van der Waals surface area contributed by atoms with E-state index in [1.165, 1.54) is 23.9 Å². The maximum atomic E-state index is 12.9. The lowest BCUT2D eigenvalue weighted by Crippen LogP contribution is -2.35. The van der Waals surface area contributed by atoms with E-state index in [4.69, 9.17) is 14.6 Å². The molecule has 1 aliphatic carbocycles. The number of aliphatic hydroxyl groups excluding tert-OH is 1. The minimum absolute atomic E-state index is 0.00170. The van der Waals surface area contributed by atoms with E-state index in [1.807, 2.05) is 13.0 Å². The molecule has 1 aliphatic rings. The first-order valence-electron chi connectivity index (χ1n) is 10.7. The molecule has 9 nitrogen and oxygen atoms in total. The van der Waals surface area contributed by atoms with Crippen molar-refractivity contribution in [3.8, 4) is 5.75 Å². The number of hydrogen-bond acceptors (Lipinski definition) is 6. The normalized spacial score (nSPS) is 17.0. The molecule has 1 aromatic heterocycles. The molecule has 0 bridgehead atoms. The molecule has 1 saturated carbocycles. The summed E-state index contributed by atoms with van der Waals surface area (Å²) >= 11 is 0. The van der Waals surface area contributed by atoms with Crippen LogP contribution in [0.3, 0.4) is 0 Å².